The molecule has 86 valence electrons. The lowest BCUT2D eigenvalue weighted by atomic mass is 10.2. The van der Waals surface area contributed by atoms with Gasteiger partial charge >= 0.3 is 0 Å². The van der Waals surface area contributed by atoms with Crippen LogP contribution in [-0.4, -0.2) is 19.9 Å². The Kier molecular flexibility index (Phi) is 3.00. The Hall–Kier alpha value is -1.69. The highest BCUT2D eigenvalue weighted by Gasteiger charge is 2.04. The van der Waals surface area contributed by atoms with Crippen molar-refractivity contribution < 1.29 is 4.52 Å². The molecule has 1 N–H and O–H groups in total. The quantitative estimate of drug-likeness (QED) is 0.823. The van der Waals surface area contributed by atoms with Crippen LogP contribution in [0.4, 0.5) is 0 Å². The number of hydrogen-bond donors (Lipinski definition) is 1. The van der Waals surface area contributed by atoms with Gasteiger partial charge < -0.3 is 9.84 Å². The molecule has 0 atom stereocenters. The fourth-order valence-corrected chi connectivity index (χ4v) is 1.54. The van der Waals surface area contributed by atoms with E-state index in [9.17, 15) is 0 Å². The van der Waals surface area contributed by atoms with E-state index in [4.69, 9.17) is 4.52 Å². The minimum Gasteiger partial charge on any atom is -0.338 e. The van der Waals surface area contributed by atoms with E-state index in [0.29, 0.717) is 18.3 Å². The van der Waals surface area contributed by atoms with Crippen molar-refractivity contribution in [1.29, 1.82) is 0 Å². The predicted octanol–water partition coefficient (Wildman–Crippen LogP) is 0.710. The summed E-state index contributed by atoms with van der Waals surface area (Å²) < 4.78 is 6.80. The number of aryl methyl sites for hydroxylation is 3. The van der Waals surface area contributed by atoms with Crippen molar-refractivity contribution in [2.24, 2.45) is 7.05 Å². The highest BCUT2D eigenvalue weighted by Crippen LogP contribution is 2.04. The van der Waals surface area contributed by atoms with Gasteiger partial charge in [-0.3, -0.25) is 4.68 Å². The van der Waals surface area contributed by atoms with E-state index < -0.39 is 0 Å². The molecular formula is C10H15N5O. The standard InChI is InChI=1S/C10H15N5O/c1-7-9(6-15(3)13-7)4-11-5-10-12-8(2)14-16-10/h6,11H,4-5H2,1-3H3. The van der Waals surface area contributed by atoms with Crippen LogP contribution in [0.3, 0.4) is 0 Å². The van der Waals surface area contributed by atoms with Crippen LogP contribution in [-0.2, 0) is 20.1 Å². The lowest BCUT2D eigenvalue weighted by Crippen LogP contribution is -2.13. The van der Waals surface area contributed by atoms with Gasteiger partial charge in [-0.1, -0.05) is 5.16 Å². The first kappa shape index (κ1) is 10.8. The Morgan fingerprint density at radius 2 is 2.19 bits per heavy atom. The van der Waals surface area contributed by atoms with Gasteiger partial charge in [0.25, 0.3) is 0 Å². The largest absolute Gasteiger partial charge is 0.338 e. The van der Waals surface area contributed by atoms with E-state index in [-0.39, 0.29) is 0 Å². The second-order valence-corrected chi connectivity index (χ2v) is 3.75. The van der Waals surface area contributed by atoms with Crippen molar-refractivity contribution in [2.45, 2.75) is 26.9 Å². The average Bonchev–Trinajstić information content (AvgIpc) is 2.74. The van der Waals surface area contributed by atoms with E-state index in [1.54, 1.807) is 6.92 Å². The van der Waals surface area contributed by atoms with E-state index in [1.807, 2.05) is 24.9 Å². The third-order valence-corrected chi connectivity index (χ3v) is 2.28. The van der Waals surface area contributed by atoms with Crippen LogP contribution in [0.25, 0.3) is 0 Å². The zero-order chi connectivity index (χ0) is 11.5. The third kappa shape index (κ3) is 2.46. The molecule has 6 nitrogen and oxygen atoms in total. The summed E-state index contributed by atoms with van der Waals surface area (Å²) in [6.45, 7) is 5.13. The topological polar surface area (TPSA) is 68.8 Å². The molecule has 16 heavy (non-hydrogen) atoms. The summed E-state index contributed by atoms with van der Waals surface area (Å²) in [7, 11) is 1.91. The zero-order valence-electron chi connectivity index (χ0n) is 9.69. The van der Waals surface area contributed by atoms with Crippen molar-refractivity contribution in [3.63, 3.8) is 0 Å². The van der Waals surface area contributed by atoms with Crippen molar-refractivity contribution >= 4 is 0 Å². The number of nitrogens with one attached hydrogen (secondary N) is 1. The van der Waals surface area contributed by atoms with Crippen LogP contribution in [0, 0.1) is 13.8 Å². The molecule has 0 saturated heterocycles. The average molecular weight is 221 g/mol. The monoisotopic (exact) mass is 221 g/mol. The molecule has 2 heterocycles. The van der Waals surface area contributed by atoms with Gasteiger partial charge in [0.05, 0.1) is 12.2 Å². The first-order valence-electron chi connectivity index (χ1n) is 5.14. The van der Waals surface area contributed by atoms with E-state index >= 15 is 0 Å². The van der Waals surface area contributed by atoms with Crippen molar-refractivity contribution in [3.8, 4) is 0 Å². The zero-order valence-corrected chi connectivity index (χ0v) is 9.69. The molecule has 0 saturated carbocycles. The van der Waals surface area contributed by atoms with Gasteiger partial charge in [-0.05, 0) is 13.8 Å². The van der Waals surface area contributed by atoms with Crippen molar-refractivity contribution in [2.75, 3.05) is 0 Å². The van der Waals surface area contributed by atoms with Gasteiger partial charge in [0.1, 0.15) is 0 Å². The molecule has 0 aromatic carbocycles. The Bertz CT molecular complexity index is 473. The second-order valence-electron chi connectivity index (χ2n) is 3.75. The molecule has 0 spiro atoms. The summed E-state index contributed by atoms with van der Waals surface area (Å²) in [5.74, 6) is 1.27. The Morgan fingerprint density at radius 1 is 1.38 bits per heavy atom. The fraction of sp³-hybridized carbons (Fsp3) is 0.500. The van der Waals surface area contributed by atoms with Gasteiger partial charge in [0, 0.05) is 25.4 Å². The molecule has 0 fully saturated rings. The van der Waals surface area contributed by atoms with Crippen LogP contribution in [0.5, 0.6) is 0 Å². The number of rotatable bonds is 4. The van der Waals surface area contributed by atoms with Gasteiger partial charge in [0.15, 0.2) is 5.82 Å². The summed E-state index contributed by atoms with van der Waals surface area (Å²) in [6, 6.07) is 0. The maximum absolute atomic E-state index is 4.99. The predicted molar refractivity (Wildman–Crippen MR) is 57.5 cm³/mol. The van der Waals surface area contributed by atoms with Crippen molar-refractivity contribution in [3.05, 3.63) is 29.2 Å². The number of nitrogens with zero attached hydrogens (tertiary/aromatic N) is 4. The summed E-state index contributed by atoms with van der Waals surface area (Å²) in [5, 5.41) is 11.2. The van der Waals surface area contributed by atoms with E-state index in [1.165, 1.54) is 5.56 Å². The van der Waals surface area contributed by atoms with Crippen molar-refractivity contribution in [1.82, 2.24) is 25.2 Å². The minimum atomic E-state index is 0.579. The van der Waals surface area contributed by atoms with Gasteiger partial charge in [-0.25, -0.2) is 0 Å². The molecule has 2 aromatic rings. The third-order valence-electron chi connectivity index (χ3n) is 2.28. The molecule has 0 radical (unpaired) electrons. The van der Waals surface area contributed by atoms with Crippen LogP contribution in [0.15, 0.2) is 10.7 Å². The summed E-state index contributed by atoms with van der Waals surface area (Å²) in [4.78, 5) is 4.11. The maximum Gasteiger partial charge on any atom is 0.240 e. The molecule has 6 heteroatoms. The highest BCUT2D eigenvalue weighted by molar-refractivity contribution is 5.14. The van der Waals surface area contributed by atoms with Crippen LogP contribution in [0.1, 0.15) is 23.0 Å². The van der Waals surface area contributed by atoms with E-state index in [0.717, 1.165) is 12.2 Å². The lowest BCUT2D eigenvalue weighted by Gasteiger charge is -1.99. The maximum atomic E-state index is 4.99. The summed E-state index contributed by atoms with van der Waals surface area (Å²) in [5.41, 5.74) is 2.22. The van der Waals surface area contributed by atoms with Gasteiger partial charge in [-0.2, -0.15) is 10.1 Å². The molecule has 0 unspecified atom stereocenters. The van der Waals surface area contributed by atoms with Gasteiger partial charge in [0.2, 0.25) is 5.89 Å². The Balaban J connectivity index is 1.86. The summed E-state index contributed by atoms with van der Waals surface area (Å²) >= 11 is 0. The van der Waals surface area contributed by atoms with Crippen LogP contribution >= 0.6 is 0 Å². The molecule has 2 rings (SSSR count). The smallest absolute Gasteiger partial charge is 0.240 e. The lowest BCUT2D eigenvalue weighted by molar-refractivity contribution is 0.364. The molecule has 2 aromatic heterocycles. The molecule has 0 aliphatic heterocycles. The Labute approximate surface area is 93.7 Å². The first-order valence-corrected chi connectivity index (χ1v) is 5.14. The minimum absolute atomic E-state index is 0.579. The normalized spacial score (nSPS) is 10.9. The second kappa shape index (κ2) is 4.44. The van der Waals surface area contributed by atoms with Crippen LogP contribution in [0.2, 0.25) is 0 Å². The summed E-state index contributed by atoms with van der Waals surface area (Å²) in [6.07, 6.45) is 2.00. The molecule has 0 bridgehead atoms. The number of hydrogen-bond acceptors (Lipinski definition) is 5. The highest BCUT2D eigenvalue weighted by atomic mass is 16.5. The SMILES string of the molecule is Cc1noc(CNCc2cn(C)nc2C)n1. The fourth-order valence-electron chi connectivity index (χ4n) is 1.54. The molecule has 0 aliphatic carbocycles. The van der Waals surface area contributed by atoms with E-state index in [2.05, 4.69) is 20.6 Å². The Morgan fingerprint density at radius 3 is 2.75 bits per heavy atom. The van der Waals surface area contributed by atoms with Crippen LogP contribution < -0.4 is 5.32 Å². The first-order chi connectivity index (χ1) is 7.65. The molecule has 0 amide bonds. The van der Waals surface area contributed by atoms with Gasteiger partial charge in [-0.15, -0.1) is 0 Å². The molecular weight excluding hydrogens is 206 g/mol. The molecule has 0 aliphatic rings. The number of aromatic nitrogens is 4.